The molecule has 0 saturated carbocycles. The minimum atomic E-state index is -0.952. The molecule has 5 nitrogen and oxygen atoms in total. The molecule has 1 N–H and O–H groups in total. The number of hydrogen-bond donors (Lipinski definition) is 1. The van der Waals surface area contributed by atoms with Gasteiger partial charge >= 0.3 is 5.69 Å². The average Bonchev–Trinajstić information content (AvgIpc) is 2.41. The highest BCUT2D eigenvalue weighted by Gasteiger charge is 2.22. The number of hydrogen-bond acceptors (Lipinski definition) is 4. The summed E-state index contributed by atoms with van der Waals surface area (Å²) in [5, 5.41) is 19.9. The van der Waals surface area contributed by atoms with E-state index in [1.54, 1.807) is 24.3 Å². The fourth-order valence-electron chi connectivity index (χ4n) is 1.80. The SMILES string of the molecule is O=[N+]([O-])c1c(F)cccc1Oc1ccccc1CCO. The molecular formula is C14H12FNO4. The summed E-state index contributed by atoms with van der Waals surface area (Å²) in [5.74, 6) is -0.761. The van der Waals surface area contributed by atoms with Crippen LogP contribution in [-0.2, 0) is 6.42 Å². The summed E-state index contributed by atoms with van der Waals surface area (Å²) in [5.41, 5.74) is -0.0140. The first-order chi connectivity index (χ1) is 9.63. The largest absolute Gasteiger partial charge is 0.450 e. The molecule has 2 aromatic rings. The van der Waals surface area contributed by atoms with E-state index in [1.165, 1.54) is 12.1 Å². The Morgan fingerprint density at radius 3 is 2.55 bits per heavy atom. The average molecular weight is 277 g/mol. The zero-order valence-electron chi connectivity index (χ0n) is 10.5. The predicted molar refractivity (Wildman–Crippen MR) is 70.4 cm³/mol. The van der Waals surface area contributed by atoms with Gasteiger partial charge in [-0.3, -0.25) is 10.1 Å². The molecule has 0 aliphatic rings. The lowest BCUT2D eigenvalue weighted by Crippen LogP contribution is -1.99. The Hall–Kier alpha value is -2.47. The predicted octanol–water partition coefficient (Wildman–Crippen LogP) is 3.06. The topological polar surface area (TPSA) is 72.6 Å². The van der Waals surface area contributed by atoms with E-state index in [4.69, 9.17) is 9.84 Å². The molecule has 0 aliphatic heterocycles. The Morgan fingerprint density at radius 1 is 1.15 bits per heavy atom. The fraction of sp³-hybridized carbons (Fsp3) is 0.143. The van der Waals surface area contributed by atoms with Crippen LogP contribution in [0.4, 0.5) is 10.1 Å². The van der Waals surface area contributed by atoms with E-state index in [9.17, 15) is 14.5 Å². The third kappa shape index (κ3) is 2.92. The van der Waals surface area contributed by atoms with Crippen LogP contribution in [0.5, 0.6) is 11.5 Å². The highest BCUT2D eigenvalue weighted by Crippen LogP contribution is 2.34. The Bertz CT molecular complexity index is 630. The monoisotopic (exact) mass is 277 g/mol. The van der Waals surface area contributed by atoms with Crippen LogP contribution in [0.2, 0.25) is 0 Å². The van der Waals surface area contributed by atoms with Crippen LogP contribution in [0.1, 0.15) is 5.56 Å². The van der Waals surface area contributed by atoms with Crippen molar-refractivity contribution in [1.82, 2.24) is 0 Å². The molecule has 0 amide bonds. The van der Waals surface area contributed by atoms with E-state index in [0.717, 1.165) is 6.07 Å². The normalized spacial score (nSPS) is 10.3. The third-order valence-corrected chi connectivity index (χ3v) is 2.71. The van der Waals surface area contributed by atoms with Crippen LogP contribution in [0.3, 0.4) is 0 Å². The maximum atomic E-state index is 13.5. The second-order valence-electron chi connectivity index (χ2n) is 4.03. The smallest absolute Gasteiger partial charge is 0.346 e. The van der Waals surface area contributed by atoms with E-state index in [0.29, 0.717) is 17.7 Å². The van der Waals surface area contributed by atoms with Gasteiger partial charge in [-0.05, 0) is 30.2 Å². The summed E-state index contributed by atoms with van der Waals surface area (Å²) in [4.78, 5) is 10.1. The van der Waals surface area contributed by atoms with Crippen molar-refractivity contribution in [1.29, 1.82) is 0 Å². The number of benzene rings is 2. The number of halogens is 1. The van der Waals surface area contributed by atoms with Crippen molar-refractivity contribution in [2.24, 2.45) is 0 Å². The maximum Gasteiger partial charge on any atom is 0.346 e. The number of nitro groups is 1. The molecule has 0 aliphatic carbocycles. The van der Waals surface area contributed by atoms with Crippen molar-refractivity contribution < 1.29 is 19.2 Å². The van der Waals surface area contributed by atoms with Gasteiger partial charge in [-0.15, -0.1) is 0 Å². The number of para-hydroxylation sites is 2. The second kappa shape index (κ2) is 6.12. The molecule has 2 aromatic carbocycles. The lowest BCUT2D eigenvalue weighted by atomic mass is 10.1. The fourth-order valence-corrected chi connectivity index (χ4v) is 1.80. The first kappa shape index (κ1) is 14.0. The number of ether oxygens (including phenoxy) is 1. The molecule has 0 spiro atoms. The van der Waals surface area contributed by atoms with Crippen LogP contribution in [0, 0.1) is 15.9 Å². The van der Waals surface area contributed by atoms with E-state index in [-0.39, 0.29) is 12.4 Å². The molecule has 20 heavy (non-hydrogen) atoms. The molecule has 104 valence electrons. The van der Waals surface area contributed by atoms with Crippen molar-refractivity contribution in [3.05, 3.63) is 64.0 Å². The van der Waals surface area contributed by atoms with Gasteiger partial charge in [0.1, 0.15) is 5.75 Å². The zero-order chi connectivity index (χ0) is 14.5. The maximum absolute atomic E-state index is 13.5. The van der Waals surface area contributed by atoms with Crippen LogP contribution < -0.4 is 4.74 Å². The Kier molecular flexibility index (Phi) is 4.27. The molecule has 0 heterocycles. The van der Waals surface area contributed by atoms with Gasteiger partial charge in [-0.2, -0.15) is 4.39 Å². The molecular weight excluding hydrogens is 265 g/mol. The van der Waals surface area contributed by atoms with E-state index < -0.39 is 16.4 Å². The van der Waals surface area contributed by atoms with Gasteiger partial charge in [0.2, 0.25) is 11.6 Å². The van der Waals surface area contributed by atoms with Crippen LogP contribution in [0.15, 0.2) is 42.5 Å². The number of aliphatic hydroxyl groups is 1. The molecule has 0 bridgehead atoms. The van der Waals surface area contributed by atoms with E-state index >= 15 is 0 Å². The number of nitro benzene ring substituents is 1. The standard InChI is InChI=1S/C14H12FNO4/c15-11-5-3-7-13(14(11)16(18)19)20-12-6-2-1-4-10(12)8-9-17/h1-7,17H,8-9H2. The molecule has 6 heteroatoms. The summed E-state index contributed by atoms with van der Waals surface area (Å²) in [6, 6.07) is 10.5. The van der Waals surface area contributed by atoms with Gasteiger partial charge in [0, 0.05) is 6.61 Å². The minimum Gasteiger partial charge on any atom is -0.450 e. The van der Waals surface area contributed by atoms with Gasteiger partial charge in [0.05, 0.1) is 4.92 Å². The van der Waals surface area contributed by atoms with Crippen molar-refractivity contribution >= 4 is 5.69 Å². The Balaban J connectivity index is 2.40. The number of nitrogens with zero attached hydrogens (tertiary/aromatic N) is 1. The number of aliphatic hydroxyl groups excluding tert-OH is 1. The first-order valence-corrected chi connectivity index (χ1v) is 5.93. The van der Waals surface area contributed by atoms with Crippen LogP contribution in [0.25, 0.3) is 0 Å². The van der Waals surface area contributed by atoms with Crippen molar-refractivity contribution in [3.63, 3.8) is 0 Å². The van der Waals surface area contributed by atoms with Crippen molar-refractivity contribution in [3.8, 4) is 11.5 Å². The second-order valence-corrected chi connectivity index (χ2v) is 4.03. The number of rotatable bonds is 5. The summed E-state index contributed by atoms with van der Waals surface area (Å²) in [7, 11) is 0. The quantitative estimate of drug-likeness (QED) is 0.673. The van der Waals surface area contributed by atoms with Crippen molar-refractivity contribution in [2.75, 3.05) is 6.61 Å². The molecule has 0 unspecified atom stereocenters. The van der Waals surface area contributed by atoms with Crippen LogP contribution in [-0.4, -0.2) is 16.6 Å². The summed E-state index contributed by atoms with van der Waals surface area (Å²) < 4.78 is 18.9. The zero-order valence-corrected chi connectivity index (χ0v) is 10.5. The molecule has 0 radical (unpaired) electrons. The van der Waals surface area contributed by atoms with Gasteiger partial charge < -0.3 is 9.84 Å². The van der Waals surface area contributed by atoms with Crippen LogP contribution >= 0.6 is 0 Å². The summed E-state index contributed by atoms with van der Waals surface area (Å²) in [6.07, 6.45) is 0.347. The van der Waals surface area contributed by atoms with Crippen molar-refractivity contribution in [2.45, 2.75) is 6.42 Å². The van der Waals surface area contributed by atoms with Gasteiger partial charge in [-0.25, -0.2) is 0 Å². The third-order valence-electron chi connectivity index (χ3n) is 2.71. The first-order valence-electron chi connectivity index (χ1n) is 5.93. The molecule has 0 fully saturated rings. The summed E-state index contributed by atoms with van der Waals surface area (Å²) >= 11 is 0. The lowest BCUT2D eigenvalue weighted by molar-refractivity contribution is -0.388. The minimum absolute atomic E-state index is 0.0778. The molecule has 0 saturated heterocycles. The van der Waals surface area contributed by atoms with E-state index in [1.807, 2.05) is 0 Å². The summed E-state index contributed by atoms with van der Waals surface area (Å²) in [6.45, 7) is -0.0778. The molecule has 0 atom stereocenters. The highest BCUT2D eigenvalue weighted by molar-refractivity contribution is 5.50. The van der Waals surface area contributed by atoms with Gasteiger partial charge in [0.15, 0.2) is 0 Å². The lowest BCUT2D eigenvalue weighted by Gasteiger charge is -2.10. The highest BCUT2D eigenvalue weighted by atomic mass is 19.1. The van der Waals surface area contributed by atoms with Gasteiger partial charge in [-0.1, -0.05) is 24.3 Å². The van der Waals surface area contributed by atoms with Gasteiger partial charge in [0.25, 0.3) is 0 Å². The molecule has 0 aromatic heterocycles. The van der Waals surface area contributed by atoms with E-state index in [2.05, 4.69) is 0 Å². The molecule has 2 rings (SSSR count). The Labute approximate surface area is 114 Å². The Morgan fingerprint density at radius 2 is 1.85 bits per heavy atom.